The number of carbonyl (C=O) groups is 1. The molecule has 0 saturated carbocycles. The summed E-state index contributed by atoms with van der Waals surface area (Å²) in [4.78, 5) is 10.8. The number of carbonyl (C=O) groups excluding carboxylic acids is 1. The summed E-state index contributed by atoms with van der Waals surface area (Å²) in [5, 5.41) is 4.96. The van der Waals surface area contributed by atoms with E-state index in [1.54, 1.807) is 0 Å². The van der Waals surface area contributed by atoms with Crippen molar-refractivity contribution in [3.63, 3.8) is 0 Å². The second-order valence-electron chi connectivity index (χ2n) is 3.96. The normalized spacial score (nSPS) is 11.9. The van der Waals surface area contributed by atoms with Gasteiger partial charge in [0.25, 0.3) is 0 Å². The van der Waals surface area contributed by atoms with E-state index in [1.165, 1.54) is 25.1 Å². The van der Waals surface area contributed by atoms with E-state index in [4.69, 9.17) is 5.14 Å². The molecule has 3 N–H and O–H groups in total. The Kier molecular flexibility index (Phi) is 4.73. The first-order chi connectivity index (χ1) is 9.05. The second kappa shape index (κ2) is 5.77. The highest BCUT2D eigenvalue weighted by atomic mass is 32.2. The van der Waals surface area contributed by atoms with Gasteiger partial charge in [0.05, 0.1) is 17.7 Å². The molecule has 8 nitrogen and oxygen atoms in total. The molecule has 10 heteroatoms. The summed E-state index contributed by atoms with van der Waals surface area (Å²) in [5.41, 5.74) is 0.506. The van der Waals surface area contributed by atoms with Gasteiger partial charge in [0.1, 0.15) is 0 Å². The molecule has 0 unspecified atom stereocenters. The van der Waals surface area contributed by atoms with Crippen LogP contribution in [0.2, 0.25) is 0 Å². The number of hydrogen-bond acceptors (Lipinski definition) is 6. The van der Waals surface area contributed by atoms with Gasteiger partial charge in [-0.05, 0) is 30.7 Å². The zero-order valence-corrected chi connectivity index (χ0v) is 12.4. The lowest BCUT2D eigenvalue weighted by molar-refractivity contribution is -0.137. The molecular formula is C10H14N2O6S2. The Bertz CT molecular complexity index is 724. The quantitative estimate of drug-likeness (QED) is 0.706. The fraction of sp³-hybridized carbons (Fsp3) is 0.300. The number of anilines is 1. The molecule has 112 valence electrons. The highest BCUT2D eigenvalue weighted by molar-refractivity contribution is 7.93. The molecule has 0 spiro atoms. The third-order valence-corrected chi connectivity index (χ3v) is 4.39. The summed E-state index contributed by atoms with van der Waals surface area (Å²) >= 11 is 0. The Morgan fingerprint density at radius 2 is 1.90 bits per heavy atom. The standard InChI is InChI=1S/C10H14N2O6S2/c1-7-5-8(20(11,16)17)3-4-9(7)12-19(14,15)6-10(13)18-2/h3-5,12H,6H2,1-2H3,(H2,11,16,17). The second-order valence-corrected chi connectivity index (χ2v) is 7.24. The van der Waals surface area contributed by atoms with E-state index in [9.17, 15) is 21.6 Å². The molecule has 0 bridgehead atoms. The molecule has 0 aliphatic heterocycles. The molecule has 0 aliphatic rings. The molecule has 0 fully saturated rings. The Labute approximate surface area is 117 Å². The van der Waals surface area contributed by atoms with Crippen molar-refractivity contribution in [1.82, 2.24) is 0 Å². The zero-order valence-electron chi connectivity index (χ0n) is 10.8. The van der Waals surface area contributed by atoms with Crippen LogP contribution < -0.4 is 9.86 Å². The Balaban J connectivity index is 3.03. The molecule has 0 aliphatic carbocycles. The lowest BCUT2D eigenvalue weighted by Gasteiger charge is -2.10. The van der Waals surface area contributed by atoms with Crippen molar-refractivity contribution in [2.75, 3.05) is 17.6 Å². The van der Waals surface area contributed by atoms with Gasteiger partial charge in [-0.25, -0.2) is 22.0 Å². The van der Waals surface area contributed by atoms with Gasteiger partial charge in [-0.2, -0.15) is 0 Å². The Morgan fingerprint density at radius 1 is 1.30 bits per heavy atom. The number of benzene rings is 1. The number of nitrogens with two attached hydrogens (primary N) is 1. The molecule has 1 rings (SSSR count). The highest BCUT2D eigenvalue weighted by Gasteiger charge is 2.18. The smallest absolute Gasteiger partial charge is 0.322 e. The summed E-state index contributed by atoms with van der Waals surface area (Å²) in [6.45, 7) is 1.50. The van der Waals surface area contributed by atoms with E-state index in [1.807, 2.05) is 0 Å². The summed E-state index contributed by atoms with van der Waals surface area (Å²) in [5.74, 6) is -1.74. The topological polar surface area (TPSA) is 133 Å². The number of ether oxygens (including phenoxy) is 1. The van der Waals surface area contributed by atoms with Crippen molar-refractivity contribution < 1.29 is 26.4 Å². The van der Waals surface area contributed by atoms with Crippen LogP contribution in [0.1, 0.15) is 5.56 Å². The van der Waals surface area contributed by atoms with Gasteiger partial charge in [0.2, 0.25) is 20.0 Å². The third-order valence-electron chi connectivity index (χ3n) is 2.33. The van der Waals surface area contributed by atoms with Crippen molar-refractivity contribution in [2.45, 2.75) is 11.8 Å². The van der Waals surface area contributed by atoms with Gasteiger partial charge in [-0.1, -0.05) is 0 Å². The maximum atomic E-state index is 11.6. The van der Waals surface area contributed by atoms with Crippen LogP contribution in [0.4, 0.5) is 5.69 Å². The minimum Gasteiger partial charge on any atom is -0.468 e. The van der Waals surface area contributed by atoms with Crippen LogP contribution in [-0.2, 0) is 29.6 Å². The molecule has 0 amide bonds. The first-order valence-corrected chi connectivity index (χ1v) is 8.46. The van der Waals surface area contributed by atoms with Crippen molar-refractivity contribution in [1.29, 1.82) is 0 Å². The molecule has 1 aromatic carbocycles. The number of nitrogens with one attached hydrogen (secondary N) is 1. The maximum Gasteiger partial charge on any atom is 0.322 e. The number of hydrogen-bond donors (Lipinski definition) is 2. The van der Waals surface area contributed by atoms with E-state index in [-0.39, 0.29) is 10.6 Å². The fourth-order valence-corrected chi connectivity index (χ4v) is 3.01. The average molecular weight is 322 g/mol. The number of primary sulfonamides is 1. The fourth-order valence-electron chi connectivity index (χ4n) is 1.35. The molecule has 0 atom stereocenters. The van der Waals surface area contributed by atoms with E-state index in [0.717, 1.165) is 7.11 Å². The monoisotopic (exact) mass is 322 g/mol. The van der Waals surface area contributed by atoms with Crippen LogP contribution in [0.25, 0.3) is 0 Å². The van der Waals surface area contributed by atoms with E-state index in [0.29, 0.717) is 5.56 Å². The molecule has 20 heavy (non-hydrogen) atoms. The molecule has 0 aromatic heterocycles. The van der Waals surface area contributed by atoms with Gasteiger partial charge >= 0.3 is 5.97 Å². The van der Waals surface area contributed by atoms with Gasteiger partial charge in [-0.15, -0.1) is 0 Å². The predicted molar refractivity (Wildman–Crippen MR) is 72.0 cm³/mol. The lowest BCUT2D eigenvalue weighted by atomic mass is 10.2. The number of methoxy groups -OCH3 is 1. The van der Waals surface area contributed by atoms with Gasteiger partial charge in [-0.3, -0.25) is 9.52 Å². The van der Waals surface area contributed by atoms with Gasteiger partial charge < -0.3 is 4.74 Å². The number of aryl methyl sites for hydroxylation is 1. The van der Waals surface area contributed by atoms with Crippen LogP contribution in [0.15, 0.2) is 23.1 Å². The first kappa shape index (κ1) is 16.4. The number of rotatable bonds is 5. The zero-order chi connectivity index (χ0) is 15.6. The molecule has 1 aromatic rings. The van der Waals surface area contributed by atoms with Crippen molar-refractivity contribution in [3.05, 3.63) is 23.8 Å². The lowest BCUT2D eigenvalue weighted by Crippen LogP contribution is -2.24. The van der Waals surface area contributed by atoms with Crippen molar-refractivity contribution in [3.8, 4) is 0 Å². The van der Waals surface area contributed by atoms with Gasteiger partial charge in [0, 0.05) is 0 Å². The Morgan fingerprint density at radius 3 is 2.35 bits per heavy atom. The van der Waals surface area contributed by atoms with E-state index >= 15 is 0 Å². The van der Waals surface area contributed by atoms with Crippen LogP contribution in [0.5, 0.6) is 0 Å². The van der Waals surface area contributed by atoms with Gasteiger partial charge in [0.15, 0.2) is 5.75 Å². The van der Waals surface area contributed by atoms with Crippen molar-refractivity contribution >= 4 is 31.7 Å². The highest BCUT2D eigenvalue weighted by Crippen LogP contribution is 2.20. The predicted octanol–water partition coefficient (Wildman–Crippen LogP) is -0.443. The summed E-state index contributed by atoms with van der Waals surface area (Å²) in [6.07, 6.45) is 0. The molecule has 0 radical (unpaired) electrons. The molecular weight excluding hydrogens is 308 g/mol. The minimum atomic E-state index is -3.92. The van der Waals surface area contributed by atoms with Crippen LogP contribution in [0, 0.1) is 6.92 Å². The largest absolute Gasteiger partial charge is 0.468 e. The molecule has 0 saturated heterocycles. The first-order valence-electron chi connectivity index (χ1n) is 5.26. The summed E-state index contributed by atoms with van der Waals surface area (Å²) < 4.78 is 52.0. The van der Waals surface area contributed by atoms with Crippen molar-refractivity contribution in [2.24, 2.45) is 5.14 Å². The van der Waals surface area contributed by atoms with Crippen LogP contribution in [-0.4, -0.2) is 35.7 Å². The SMILES string of the molecule is COC(=O)CS(=O)(=O)Nc1ccc(S(N)(=O)=O)cc1C. The van der Waals surface area contributed by atoms with Crippen LogP contribution in [0.3, 0.4) is 0 Å². The molecule has 0 heterocycles. The Hall–Kier alpha value is -1.65. The van der Waals surface area contributed by atoms with E-state index < -0.39 is 31.8 Å². The minimum absolute atomic E-state index is 0.133. The average Bonchev–Trinajstić information content (AvgIpc) is 2.29. The summed E-state index contributed by atoms with van der Waals surface area (Å²) in [7, 11) is -6.71. The number of sulfonamides is 2. The summed E-state index contributed by atoms with van der Waals surface area (Å²) in [6, 6.07) is 3.65. The van der Waals surface area contributed by atoms with Crippen LogP contribution >= 0.6 is 0 Å². The third kappa shape index (κ3) is 4.47. The number of esters is 1. The van der Waals surface area contributed by atoms with E-state index in [2.05, 4.69) is 9.46 Å². The maximum absolute atomic E-state index is 11.6.